The summed E-state index contributed by atoms with van der Waals surface area (Å²) in [7, 11) is 0. The molecule has 260 valence electrons. The first-order chi connectivity index (χ1) is 21.4. The quantitative estimate of drug-likeness (QED) is 0.0525. The molecular formula is C34H52O12. The Kier molecular flexibility index (Phi) is 17.3. The summed E-state index contributed by atoms with van der Waals surface area (Å²) in [5.41, 5.74) is 0.357. The van der Waals surface area contributed by atoms with Crippen LogP contribution in [0.25, 0.3) is 0 Å². The van der Waals surface area contributed by atoms with Crippen molar-refractivity contribution in [2.45, 2.75) is 124 Å². The number of hydrogen-bond acceptors (Lipinski definition) is 11. The topological polar surface area (TPSA) is 205 Å². The van der Waals surface area contributed by atoms with E-state index in [0.29, 0.717) is 25.7 Å². The summed E-state index contributed by atoms with van der Waals surface area (Å²) in [5, 5.41) is 50.8. The Bertz CT molecular complexity index is 1170. The number of ether oxygens (including phenoxy) is 2. The summed E-state index contributed by atoms with van der Waals surface area (Å²) in [4.78, 5) is 59.2. The number of carboxylic acid groups (broad SMARTS) is 1. The Labute approximate surface area is 271 Å². The van der Waals surface area contributed by atoms with Crippen molar-refractivity contribution >= 4 is 29.7 Å². The number of rotatable bonds is 21. The summed E-state index contributed by atoms with van der Waals surface area (Å²) in [6.07, 6.45) is 0.999. The summed E-state index contributed by atoms with van der Waals surface area (Å²) in [6.45, 7) is 12.0. The number of cyclic esters (lactones) is 2. The molecule has 12 nitrogen and oxygen atoms in total. The van der Waals surface area contributed by atoms with Gasteiger partial charge in [0.05, 0.1) is 36.4 Å². The lowest BCUT2D eigenvalue weighted by Gasteiger charge is -2.27. The van der Waals surface area contributed by atoms with E-state index in [9.17, 15) is 44.4 Å². The highest BCUT2D eigenvalue weighted by molar-refractivity contribution is 6.12. The largest absolute Gasteiger partial charge is 0.478 e. The second-order valence-electron chi connectivity index (χ2n) is 12.7. The normalized spacial score (nSPS) is 20.0. The number of carboxylic acids is 1. The van der Waals surface area contributed by atoms with Gasteiger partial charge in [0.2, 0.25) is 0 Å². The number of allylic oxidation sites excluding steroid dienone is 2. The highest BCUT2D eigenvalue weighted by atomic mass is 16.6. The van der Waals surface area contributed by atoms with E-state index >= 15 is 0 Å². The third-order valence-corrected chi connectivity index (χ3v) is 8.63. The molecule has 0 aromatic carbocycles. The van der Waals surface area contributed by atoms with Gasteiger partial charge >= 0.3 is 23.9 Å². The first-order valence-corrected chi connectivity index (χ1v) is 15.9. The van der Waals surface area contributed by atoms with E-state index in [1.54, 1.807) is 19.9 Å². The number of carbonyl (C=O) groups is 5. The van der Waals surface area contributed by atoms with Crippen molar-refractivity contribution in [3.63, 3.8) is 0 Å². The summed E-state index contributed by atoms with van der Waals surface area (Å²) in [6, 6.07) is 0. The van der Waals surface area contributed by atoms with E-state index < -0.39 is 72.7 Å². The minimum absolute atomic E-state index is 0.0831. The molecule has 0 aliphatic carbocycles. The Morgan fingerprint density at radius 3 is 2.02 bits per heavy atom. The first kappa shape index (κ1) is 40.8. The number of carbonyl (C=O) groups excluding carboxylic acids is 4. The fourth-order valence-corrected chi connectivity index (χ4v) is 5.40. The van der Waals surface area contributed by atoms with Gasteiger partial charge in [-0.25, -0.2) is 14.4 Å². The van der Waals surface area contributed by atoms with Crippen LogP contribution in [0.3, 0.4) is 0 Å². The maximum Gasteiger partial charge on any atom is 0.345 e. The van der Waals surface area contributed by atoms with Crippen molar-refractivity contribution in [1.29, 1.82) is 0 Å². The number of aliphatic hydroxyl groups excluding tert-OH is 4. The molecule has 5 N–H and O–H groups in total. The molecule has 1 heterocycles. The first-order valence-electron chi connectivity index (χ1n) is 15.9. The Morgan fingerprint density at radius 2 is 1.48 bits per heavy atom. The van der Waals surface area contributed by atoms with Crippen LogP contribution in [-0.2, 0) is 33.4 Å². The number of aliphatic hydroxyl groups is 4. The van der Waals surface area contributed by atoms with Crippen LogP contribution < -0.4 is 0 Å². The molecule has 0 unspecified atom stereocenters. The van der Waals surface area contributed by atoms with Crippen LogP contribution in [0.4, 0.5) is 0 Å². The van der Waals surface area contributed by atoms with Gasteiger partial charge in [-0.05, 0) is 63.4 Å². The van der Waals surface area contributed by atoms with Gasteiger partial charge in [-0.3, -0.25) is 9.59 Å². The van der Waals surface area contributed by atoms with Crippen molar-refractivity contribution in [2.75, 3.05) is 0 Å². The lowest BCUT2D eigenvalue weighted by atomic mass is 9.85. The summed E-state index contributed by atoms with van der Waals surface area (Å²) >= 11 is 0. The van der Waals surface area contributed by atoms with Crippen molar-refractivity contribution in [3.05, 3.63) is 34.9 Å². The van der Waals surface area contributed by atoms with Crippen LogP contribution in [0, 0.1) is 23.7 Å². The molecule has 0 saturated carbocycles. The predicted molar refractivity (Wildman–Crippen MR) is 168 cm³/mol. The standard InChI is InChI=1S/C34H52O12/c1-8-24(10-12-30(40)41)15-25(35)14-19(3)13-18(2)9-11-26(36)21(5)28(38)16-27(37)20(4)23(7)45-31(42)17-29(39)32-22(6)33(43)46-34(32)44/h10,12,15,18-21,23,25-27,29,35-37,39H,8-9,11,13-14,16-17H2,1-7H3,(H,40,41)/b12-10+,24-15+/t18-,19-,20-,21-,23-,25-,26-,27+,29+/m0/s1. The number of hydrogen-bond donors (Lipinski definition) is 5. The van der Waals surface area contributed by atoms with E-state index in [-0.39, 0.29) is 35.2 Å². The maximum absolute atomic E-state index is 12.9. The molecule has 46 heavy (non-hydrogen) atoms. The molecule has 1 rings (SSSR count). The molecule has 1 aliphatic rings. The highest BCUT2D eigenvalue weighted by Gasteiger charge is 2.36. The van der Waals surface area contributed by atoms with Gasteiger partial charge in [-0.2, -0.15) is 0 Å². The zero-order valence-corrected chi connectivity index (χ0v) is 28.0. The van der Waals surface area contributed by atoms with E-state index in [2.05, 4.69) is 4.74 Å². The van der Waals surface area contributed by atoms with Crippen LogP contribution in [0.2, 0.25) is 0 Å². The smallest absolute Gasteiger partial charge is 0.345 e. The lowest BCUT2D eigenvalue weighted by Crippen LogP contribution is -2.36. The highest BCUT2D eigenvalue weighted by Crippen LogP contribution is 2.26. The van der Waals surface area contributed by atoms with Gasteiger partial charge in [0, 0.05) is 29.9 Å². The molecule has 0 bridgehead atoms. The fourth-order valence-electron chi connectivity index (χ4n) is 5.40. The van der Waals surface area contributed by atoms with Crippen LogP contribution >= 0.6 is 0 Å². The Morgan fingerprint density at radius 1 is 0.848 bits per heavy atom. The van der Waals surface area contributed by atoms with Gasteiger partial charge < -0.3 is 35.0 Å². The summed E-state index contributed by atoms with van der Waals surface area (Å²) in [5.74, 6) is -5.18. The van der Waals surface area contributed by atoms with Gasteiger partial charge in [-0.1, -0.05) is 46.8 Å². The van der Waals surface area contributed by atoms with Crippen molar-refractivity contribution < 1.29 is 59.0 Å². The van der Waals surface area contributed by atoms with Crippen molar-refractivity contribution in [1.82, 2.24) is 0 Å². The van der Waals surface area contributed by atoms with E-state index in [1.807, 2.05) is 20.8 Å². The van der Waals surface area contributed by atoms with E-state index in [0.717, 1.165) is 18.1 Å². The van der Waals surface area contributed by atoms with Crippen molar-refractivity contribution in [2.24, 2.45) is 23.7 Å². The molecule has 12 heteroatoms. The minimum Gasteiger partial charge on any atom is -0.478 e. The molecule has 0 spiro atoms. The SMILES string of the molecule is CCC(/C=C/C(=O)O)=C\[C@@H](O)C[C@@H](C)C[C@@H](C)CC[C@H](O)[C@H](C)C(=O)C[C@@H](O)[C@@H](C)[C@H](C)OC(=O)C[C@@H](O)C1=C(C)C(=O)OC1=O. The number of Topliss-reactive ketones (excluding diaryl/α,β-unsaturated/α-hetero) is 1. The summed E-state index contributed by atoms with van der Waals surface area (Å²) < 4.78 is 9.71. The van der Waals surface area contributed by atoms with Gasteiger partial charge in [0.1, 0.15) is 11.9 Å². The second kappa shape index (κ2) is 19.5. The molecule has 1 aliphatic heterocycles. The van der Waals surface area contributed by atoms with E-state index in [4.69, 9.17) is 9.84 Å². The van der Waals surface area contributed by atoms with Gasteiger partial charge in [0.15, 0.2) is 0 Å². The maximum atomic E-state index is 12.9. The van der Waals surface area contributed by atoms with Gasteiger partial charge in [-0.15, -0.1) is 0 Å². The molecular weight excluding hydrogens is 600 g/mol. The van der Waals surface area contributed by atoms with Crippen LogP contribution in [-0.4, -0.2) is 85.7 Å². The molecule has 0 fully saturated rings. The van der Waals surface area contributed by atoms with Crippen LogP contribution in [0.1, 0.15) is 93.4 Å². The van der Waals surface area contributed by atoms with Crippen LogP contribution in [0.15, 0.2) is 34.9 Å². The minimum atomic E-state index is -1.59. The third kappa shape index (κ3) is 13.7. The Balaban J connectivity index is 2.52. The van der Waals surface area contributed by atoms with Gasteiger partial charge in [0.25, 0.3) is 0 Å². The van der Waals surface area contributed by atoms with Crippen LogP contribution in [0.5, 0.6) is 0 Å². The lowest BCUT2D eigenvalue weighted by molar-refractivity contribution is -0.154. The number of esters is 3. The zero-order chi connectivity index (χ0) is 35.3. The monoisotopic (exact) mass is 652 g/mol. The fraction of sp³-hybridized carbons (Fsp3) is 0.676. The van der Waals surface area contributed by atoms with E-state index in [1.165, 1.54) is 19.9 Å². The van der Waals surface area contributed by atoms with Crippen molar-refractivity contribution in [3.8, 4) is 0 Å². The molecule has 0 aromatic heterocycles. The second-order valence-corrected chi connectivity index (χ2v) is 12.7. The average Bonchev–Trinajstić information content (AvgIpc) is 3.22. The Hall–Kier alpha value is -3.19. The molecule has 0 aromatic rings. The average molecular weight is 653 g/mol. The molecule has 0 saturated heterocycles. The third-order valence-electron chi connectivity index (χ3n) is 8.63. The zero-order valence-electron chi connectivity index (χ0n) is 28.0. The number of aliphatic carboxylic acids is 1. The predicted octanol–water partition coefficient (Wildman–Crippen LogP) is 3.19. The molecule has 0 amide bonds. The number of ketones is 1. The molecule has 0 radical (unpaired) electrons. The molecule has 9 atom stereocenters.